The van der Waals surface area contributed by atoms with Crippen molar-refractivity contribution in [1.29, 1.82) is 0 Å². The first-order chi connectivity index (χ1) is 15.5. The van der Waals surface area contributed by atoms with Crippen LogP contribution in [0.25, 0.3) is 0 Å². The van der Waals surface area contributed by atoms with Crippen molar-refractivity contribution in [3.63, 3.8) is 0 Å². The molecule has 1 heterocycles. The highest BCUT2D eigenvalue weighted by molar-refractivity contribution is 5.92. The molecule has 164 valence electrons. The number of pyridine rings is 1. The highest BCUT2D eigenvalue weighted by Gasteiger charge is 2.28. The van der Waals surface area contributed by atoms with Crippen LogP contribution >= 0.6 is 0 Å². The molecule has 0 saturated heterocycles. The van der Waals surface area contributed by atoms with Gasteiger partial charge in [-0.1, -0.05) is 24.3 Å². The fraction of sp³-hybridized carbons (Fsp3) is 0.240. The van der Waals surface area contributed by atoms with E-state index in [1.807, 2.05) is 12.1 Å². The summed E-state index contributed by atoms with van der Waals surface area (Å²) in [5, 5.41) is 9.08. The molecule has 1 N–H and O–H groups in total. The summed E-state index contributed by atoms with van der Waals surface area (Å²) in [6, 6.07) is 17.3. The van der Waals surface area contributed by atoms with Crippen LogP contribution in [-0.4, -0.2) is 40.5 Å². The van der Waals surface area contributed by atoms with Gasteiger partial charge >= 0.3 is 5.97 Å². The average molecular weight is 432 g/mol. The van der Waals surface area contributed by atoms with Crippen molar-refractivity contribution in [2.45, 2.75) is 19.4 Å². The van der Waals surface area contributed by atoms with E-state index in [-0.39, 0.29) is 11.5 Å². The molecular weight excluding hydrogens is 408 g/mol. The number of amides is 1. The van der Waals surface area contributed by atoms with E-state index in [2.05, 4.69) is 4.98 Å². The fourth-order valence-corrected chi connectivity index (χ4v) is 3.36. The molecule has 0 bridgehead atoms. The van der Waals surface area contributed by atoms with Gasteiger partial charge in [0, 0.05) is 13.1 Å². The third-order valence-corrected chi connectivity index (χ3v) is 5.29. The van der Waals surface area contributed by atoms with Gasteiger partial charge < -0.3 is 19.5 Å². The summed E-state index contributed by atoms with van der Waals surface area (Å²) in [6.07, 6.45) is 3.75. The maximum absolute atomic E-state index is 13.2. The van der Waals surface area contributed by atoms with Crippen LogP contribution in [0.2, 0.25) is 0 Å². The molecule has 1 fully saturated rings. The van der Waals surface area contributed by atoms with Gasteiger partial charge in [0.1, 0.15) is 11.4 Å². The molecular formula is C25H24N2O5. The predicted molar refractivity (Wildman–Crippen MR) is 118 cm³/mol. The Balaban J connectivity index is 1.47. The number of nitrogens with zero attached hydrogens (tertiary/aromatic N) is 2. The van der Waals surface area contributed by atoms with Crippen LogP contribution in [0.1, 0.15) is 39.3 Å². The van der Waals surface area contributed by atoms with Crippen LogP contribution in [0.3, 0.4) is 0 Å². The van der Waals surface area contributed by atoms with Gasteiger partial charge in [0.05, 0.1) is 18.9 Å². The number of aromatic carboxylic acids is 1. The van der Waals surface area contributed by atoms with E-state index in [0.717, 1.165) is 18.4 Å². The van der Waals surface area contributed by atoms with Crippen LogP contribution in [0.15, 0.2) is 66.9 Å². The maximum Gasteiger partial charge on any atom is 0.335 e. The van der Waals surface area contributed by atoms with Gasteiger partial charge in [0.25, 0.3) is 5.91 Å². The topological polar surface area (TPSA) is 89.0 Å². The smallest absolute Gasteiger partial charge is 0.335 e. The third-order valence-electron chi connectivity index (χ3n) is 5.29. The molecule has 1 amide bonds. The lowest BCUT2D eigenvalue weighted by Crippen LogP contribution is -2.33. The number of aromatic nitrogens is 1. The Bertz CT molecular complexity index is 1090. The zero-order chi connectivity index (χ0) is 22.5. The van der Waals surface area contributed by atoms with Gasteiger partial charge in [0.15, 0.2) is 11.5 Å². The van der Waals surface area contributed by atoms with Gasteiger partial charge in [-0.15, -0.1) is 0 Å². The summed E-state index contributed by atoms with van der Waals surface area (Å²) in [5.74, 6) is 1.05. The predicted octanol–water partition coefficient (Wildman–Crippen LogP) is 4.63. The van der Waals surface area contributed by atoms with E-state index in [4.69, 9.17) is 14.6 Å². The molecule has 7 heteroatoms. The van der Waals surface area contributed by atoms with Gasteiger partial charge in [-0.25, -0.2) is 9.78 Å². The third kappa shape index (κ3) is 5.24. The van der Waals surface area contributed by atoms with Gasteiger partial charge in [-0.2, -0.15) is 0 Å². The number of benzene rings is 2. The quantitative estimate of drug-likeness (QED) is 0.530. The summed E-state index contributed by atoms with van der Waals surface area (Å²) in [4.78, 5) is 30.3. The molecule has 1 aliphatic rings. The van der Waals surface area contributed by atoms with Crippen LogP contribution in [0, 0.1) is 5.92 Å². The second kappa shape index (κ2) is 9.51. The monoisotopic (exact) mass is 432 g/mol. The molecule has 1 aromatic heterocycles. The Labute approximate surface area is 186 Å². The first-order valence-corrected chi connectivity index (χ1v) is 10.4. The van der Waals surface area contributed by atoms with Crippen LogP contribution < -0.4 is 9.47 Å². The molecule has 4 rings (SSSR count). The first kappa shape index (κ1) is 21.4. The molecule has 2 aromatic carbocycles. The van der Waals surface area contributed by atoms with Crippen molar-refractivity contribution in [2.75, 3.05) is 13.7 Å². The molecule has 0 atom stereocenters. The number of carbonyl (C=O) groups excluding carboxylic acids is 1. The summed E-state index contributed by atoms with van der Waals surface area (Å²) in [7, 11) is 1.58. The van der Waals surface area contributed by atoms with Gasteiger partial charge in [-0.3, -0.25) is 4.79 Å². The number of carboxylic acids is 1. The lowest BCUT2D eigenvalue weighted by molar-refractivity contribution is 0.0693. The highest BCUT2D eigenvalue weighted by Crippen LogP contribution is 2.32. The number of carboxylic acid groups (broad SMARTS) is 1. The van der Waals surface area contributed by atoms with Crippen LogP contribution in [0.5, 0.6) is 17.2 Å². The summed E-state index contributed by atoms with van der Waals surface area (Å²) in [6.45, 7) is 1.05. The zero-order valence-electron chi connectivity index (χ0n) is 17.7. The molecule has 0 unspecified atom stereocenters. The second-order valence-corrected chi connectivity index (χ2v) is 7.76. The number of ether oxygens (including phenoxy) is 2. The van der Waals surface area contributed by atoms with E-state index >= 15 is 0 Å². The number of methoxy groups -OCH3 is 1. The average Bonchev–Trinajstić information content (AvgIpc) is 3.63. The molecule has 0 radical (unpaired) electrons. The fourth-order valence-electron chi connectivity index (χ4n) is 3.36. The van der Waals surface area contributed by atoms with E-state index in [1.54, 1.807) is 60.5 Å². The summed E-state index contributed by atoms with van der Waals surface area (Å²) < 4.78 is 11.1. The van der Waals surface area contributed by atoms with E-state index in [9.17, 15) is 9.59 Å². The van der Waals surface area contributed by atoms with Crippen molar-refractivity contribution in [1.82, 2.24) is 9.88 Å². The minimum absolute atomic E-state index is 0.164. The van der Waals surface area contributed by atoms with Gasteiger partial charge in [0.2, 0.25) is 0 Å². The number of hydrogen-bond acceptors (Lipinski definition) is 5. The standard InChI is InChI=1S/C25H24N2O5/c1-31-22-4-2-3-5-23(22)32-20-12-13-21(26-14-20)24(28)27(15-17-6-7-17)16-18-8-10-19(11-9-18)25(29)30/h2-5,8-14,17H,6-7,15-16H2,1H3,(H,29,30). The van der Waals surface area contributed by atoms with E-state index in [0.29, 0.717) is 41.9 Å². The normalized spacial score (nSPS) is 12.8. The van der Waals surface area contributed by atoms with Crippen LogP contribution in [-0.2, 0) is 6.54 Å². The molecule has 32 heavy (non-hydrogen) atoms. The Kier molecular flexibility index (Phi) is 6.35. The van der Waals surface area contributed by atoms with Crippen molar-refractivity contribution < 1.29 is 24.2 Å². The number of carbonyl (C=O) groups is 2. The molecule has 1 saturated carbocycles. The molecule has 0 aliphatic heterocycles. The number of hydrogen-bond donors (Lipinski definition) is 1. The number of rotatable bonds is 9. The largest absolute Gasteiger partial charge is 0.493 e. The molecule has 7 nitrogen and oxygen atoms in total. The minimum Gasteiger partial charge on any atom is -0.493 e. The van der Waals surface area contributed by atoms with Crippen LogP contribution in [0.4, 0.5) is 0 Å². The van der Waals surface area contributed by atoms with E-state index in [1.165, 1.54) is 6.20 Å². The SMILES string of the molecule is COc1ccccc1Oc1ccc(C(=O)N(Cc2ccc(C(=O)O)cc2)CC2CC2)nc1. The Morgan fingerprint density at radius 3 is 2.34 bits per heavy atom. The summed E-state index contributed by atoms with van der Waals surface area (Å²) >= 11 is 0. The minimum atomic E-state index is -0.970. The summed E-state index contributed by atoms with van der Waals surface area (Å²) in [5.41, 5.74) is 1.43. The first-order valence-electron chi connectivity index (χ1n) is 10.4. The molecule has 1 aliphatic carbocycles. The van der Waals surface area contributed by atoms with Gasteiger partial charge in [-0.05, 0) is 60.7 Å². The zero-order valence-corrected chi connectivity index (χ0v) is 17.7. The van der Waals surface area contributed by atoms with Crippen molar-refractivity contribution in [3.05, 3.63) is 83.7 Å². The highest BCUT2D eigenvalue weighted by atomic mass is 16.5. The molecule has 3 aromatic rings. The lowest BCUT2D eigenvalue weighted by Gasteiger charge is -2.22. The lowest BCUT2D eigenvalue weighted by atomic mass is 10.1. The maximum atomic E-state index is 13.2. The Morgan fingerprint density at radius 1 is 1.03 bits per heavy atom. The second-order valence-electron chi connectivity index (χ2n) is 7.76. The molecule has 0 spiro atoms. The number of para-hydroxylation sites is 2. The van der Waals surface area contributed by atoms with Crippen molar-refractivity contribution in [3.8, 4) is 17.2 Å². The van der Waals surface area contributed by atoms with Crippen molar-refractivity contribution >= 4 is 11.9 Å². The Morgan fingerprint density at radius 2 is 1.75 bits per heavy atom. The Hall–Kier alpha value is -3.87. The van der Waals surface area contributed by atoms with E-state index < -0.39 is 5.97 Å². The van der Waals surface area contributed by atoms with Crippen molar-refractivity contribution in [2.24, 2.45) is 5.92 Å².